The molecule has 0 aliphatic carbocycles. The van der Waals surface area contributed by atoms with Crippen molar-refractivity contribution in [1.82, 2.24) is 4.98 Å². The van der Waals surface area contributed by atoms with Gasteiger partial charge in [-0.05, 0) is 34.5 Å². The van der Waals surface area contributed by atoms with Gasteiger partial charge in [-0.25, -0.2) is 0 Å². The van der Waals surface area contributed by atoms with Crippen molar-refractivity contribution in [3.63, 3.8) is 0 Å². The molecule has 1 aromatic carbocycles. The molecule has 94 valence electrons. The highest BCUT2D eigenvalue weighted by molar-refractivity contribution is 9.10. The number of halogens is 1. The lowest BCUT2D eigenvalue weighted by molar-refractivity contribution is 0.276. The van der Waals surface area contributed by atoms with E-state index in [1.807, 2.05) is 43.3 Å². The number of aliphatic hydroxyl groups is 1. The van der Waals surface area contributed by atoms with E-state index in [1.54, 1.807) is 6.20 Å². The Balaban J connectivity index is 2.18. The molecule has 0 aliphatic rings. The number of aryl methyl sites for hydroxylation is 1. The molecule has 3 nitrogen and oxygen atoms in total. The van der Waals surface area contributed by atoms with Crippen molar-refractivity contribution in [3.8, 4) is 0 Å². The Morgan fingerprint density at radius 2 is 2.06 bits per heavy atom. The lowest BCUT2D eigenvalue weighted by Crippen LogP contribution is -2.14. The first-order valence-electron chi connectivity index (χ1n) is 5.75. The summed E-state index contributed by atoms with van der Waals surface area (Å²) >= 11 is 3.45. The first kappa shape index (κ1) is 13.1. The van der Waals surface area contributed by atoms with Crippen LogP contribution in [-0.2, 0) is 0 Å². The third kappa shape index (κ3) is 3.09. The summed E-state index contributed by atoms with van der Waals surface area (Å²) in [5.74, 6) is 0. The van der Waals surface area contributed by atoms with Crippen LogP contribution in [0.25, 0.3) is 0 Å². The highest BCUT2D eigenvalue weighted by Gasteiger charge is 2.10. The number of nitrogens with one attached hydrogen (secondary N) is 1. The normalized spacial score (nSPS) is 12.2. The Bertz CT molecular complexity index is 516. The van der Waals surface area contributed by atoms with Crippen molar-refractivity contribution in [2.75, 3.05) is 11.9 Å². The summed E-state index contributed by atoms with van der Waals surface area (Å²) in [6.07, 6.45) is 1.77. The van der Waals surface area contributed by atoms with E-state index in [0.717, 1.165) is 21.4 Å². The predicted molar refractivity (Wildman–Crippen MR) is 76.6 cm³/mol. The van der Waals surface area contributed by atoms with Crippen molar-refractivity contribution >= 4 is 21.6 Å². The van der Waals surface area contributed by atoms with Crippen molar-refractivity contribution < 1.29 is 5.11 Å². The van der Waals surface area contributed by atoms with Gasteiger partial charge in [-0.1, -0.05) is 30.3 Å². The molecule has 0 amide bonds. The molecular weight excluding hydrogens is 292 g/mol. The summed E-state index contributed by atoms with van der Waals surface area (Å²) in [6.45, 7) is 1.98. The van der Waals surface area contributed by atoms with E-state index in [0.29, 0.717) is 0 Å². The van der Waals surface area contributed by atoms with Crippen molar-refractivity contribution in [2.24, 2.45) is 0 Å². The molecule has 0 spiro atoms. The number of anilines is 1. The third-order valence-corrected chi connectivity index (χ3v) is 3.55. The maximum absolute atomic E-state index is 9.47. The lowest BCUT2D eigenvalue weighted by Gasteiger charge is -2.18. The molecule has 1 heterocycles. The van der Waals surface area contributed by atoms with E-state index in [1.165, 1.54) is 0 Å². The fraction of sp³-hybridized carbons (Fsp3) is 0.214. The monoisotopic (exact) mass is 306 g/mol. The van der Waals surface area contributed by atoms with E-state index in [2.05, 4.69) is 26.2 Å². The molecule has 0 saturated carbocycles. The molecule has 18 heavy (non-hydrogen) atoms. The van der Waals surface area contributed by atoms with Crippen LogP contribution >= 0.6 is 15.9 Å². The third-order valence-electron chi connectivity index (χ3n) is 2.75. The second kappa shape index (κ2) is 5.98. The molecule has 1 unspecified atom stereocenters. The standard InChI is InChI=1S/C14H15BrN2O/c1-10-13(15)7-12(8-16-10)17-14(9-18)11-5-3-2-4-6-11/h2-8,14,17-18H,9H2,1H3. The van der Waals surface area contributed by atoms with Crippen molar-refractivity contribution in [1.29, 1.82) is 0 Å². The Morgan fingerprint density at radius 1 is 1.33 bits per heavy atom. The average molecular weight is 307 g/mol. The van der Waals surface area contributed by atoms with E-state index < -0.39 is 0 Å². The van der Waals surface area contributed by atoms with Gasteiger partial charge in [-0.15, -0.1) is 0 Å². The van der Waals surface area contributed by atoms with Gasteiger partial charge in [0.25, 0.3) is 0 Å². The summed E-state index contributed by atoms with van der Waals surface area (Å²) in [6, 6.07) is 11.7. The number of pyridine rings is 1. The molecule has 0 aliphatic heterocycles. The quantitative estimate of drug-likeness (QED) is 0.911. The van der Waals surface area contributed by atoms with E-state index in [9.17, 15) is 5.11 Å². The molecule has 2 aromatic rings. The number of hydrogen-bond donors (Lipinski definition) is 2. The largest absolute Gasteiger partial charge is 0.394 e. The minimum absolute atomic E-state index is 0.0372. The summed E-state index contributed by atoms with van der Waals surface area (Å²) in [5.41, 5.74) is 2.88. The fourth-order valence-electron chi connectivity index (χ4n) is 1.71. The SMILES string of the molecule is Cc1ncc(NC(CO)c2ccccc2)cc1Br. The number of nitrogens with zero attached hydrogens (tertiary/aromatic N) is 1. The summed E-state index contributed by atoms with van der Waals surface area (Å²) in [4.78, 5) is 4.27. The van der Waals surface area contributed by atoms with Gasteiger partial charge < -0.3 is 10.4 Å². The van der Waals surface area contributed by atoms with Gasteiger partial charge in [-0.2, -0.15) is 0 Å². The highest BCUT2D eigenvalue weighted by Crippen LogP contribution is 2.22. The van der Waals surface area contributed by atoms with E-state index in [4.69, 9.17) is 0 Å². The summed E-state index contributed by atoms with van der Waals surface area (Å²) < 4.78 is 0.956. The highest BCUT2D eigenvalue weighted by atomic mass is 79.9. The van der Waals surface area contributed by atoms with Gasteiger partial charge >= 0.3 is 0 Å². The fourth-order valence-corrected chi connectivity index (χ4v) is 2.06. The molecule has 2 N–H and O–H groups in total. The van der Waals surface area contributed by atoms with Crippen LogP contribution in [0.1, 0.15) is 17.3 Å². The van der Waals surface area contributed by atoms with Crippen LogP contribution in [0.5, 0.6) is 0 Å². The molecule has 1 aromatic heterocycles. The first-order chi connectivity index (χ1) is 8.70. The smallest absolute Gasteiger partial charge is 0.0745 e. The van der Waals surface area contributed by atoms with Gasteiger partial charge in [0.2, 0.25) is 0 Å². The predicted octanol–water partition coefficient (Wildman–Crippen LogP) is 3.30. The minimum Gasteiger partial charge on any atom is -0.394 e. The summed E-state index contributed by atoms with van der Waals surface area (Å²) in [7, 11) is 0. The van der Waals surface area contributed by atoms with Crippen LogP contribution in [0, 0.1) is 6.92 Å². The minimum atomic E-state index is -0.123. The summed E-state index contributed by atoms with van der Waals surface area (Å²) in [5, 5.41) is 12.7. The van der Waals surface area contributed by atoms with Crippen molar-refractivity contribution in [3.05, 3.63) is 58.3 Å². The average Bonchev–Trinajstić information content (AvgIpc) is 2.41. The number of aromatic nitrogens is 1. The van der Waals surface area contributed by atoms with Gasteiger partial charge in [0.05, 0.1) is 30.2 Å². The van der Waals surface area contributed by atoms with Crippen LogP contribution in [-0.4, -0.2) is 16.7 Å². The molecular formula is C14H15BrN2O. The zero-order chi connectivity index (χ0) is 13.0. The van der Waals surface area contributed by atoms with Crippen molar-refractivity contribution in [2.45, 2.75) is 13.0 Å². The topological polar surface area (TPSA) is 45.2 Å². The zero-order valence-corrected chi connectivity index (χ0v) is 11.7. The molecule has 0 bridgehead atoms. The van der Waals surface area contributed by atoms with Crippen LogP contribution < -0.4 is 5.32 Å². The molecule has 1 atom stereocenters. The maximum atomic E-state index is 9.47. The first-order valence-corrected chi connectivity index (χ1v) is 6.54. The number of rotatable bonds is 4. The Kier molecular flexibility index (Phi) is 4.33. The van der Waals surface area contributed by atoms with Crippen LogP contribution in [0.3, 0.4) is 0 Å². The van der Waals surface area contributed by atoms with Gasteiger partial charge in [0.1, 0.15) is 0 Å². The van der Waals surface area contributed by atoms with Gasteiger partial charge in [0.15, 0.2) is 0 Å². The molecule has 0 fully saturated rings. The van der Waals surface area contributed by atoms with Crippen LogP contribution in [0.15, 0.2) is 47.1 Å². The molecule has 2 rings (SSSR count). The number of aliphatic hydroxyl groups excluding tert-OH is 1. The Morgan fingerprint density at radius 3 is 2.67 bits per heavy atom. The second-order valence-electron chi connectivity index (χ2n) is 4.08. The zero-order valence-electron chi connectivity index (χ0n) is 10.1. The van der Waals surface area contributed by atoms with Crippen LogP contribution in [0.2, 0.25) is 0 Å². The second-order valence-corrected chi connectivity index (χ2v) is 4.94. The van der Waals surface area contributed by atoms with E-state index in [-0.39, 0.29) is 12.6 Å². The Labute approximate surface area is 115 Å². The molecule has 0 saturated heterocycles. The Hall–Kier alpha value is -1.39. The van der Waals surface area contributed by atoms with Gasteiger partial charge in [-0.3, -0.25) is 4.98 Å². The van der Waals surface area contributed by atoms with E-state index >= 15 is 0 Å². The maximum Gasteiger partial charge on any atom is 0.0745 e. The van der Waals surface area contributed by atoms with Gasteiger partial charge in [0, 0.05) is 4.47 Å². The molecule has 4 heteroatoms. The van der Waals surface area contributed by atoms with Crippen LogP contribution in [0.4, 0.5) is 5.69 Å². The molecule has 0 radical (unpaired) electrons. The lowest BCUT2D eigenvalue weighted by atomic mass is 10.1. The number of benzene rings is 1. The number of hydrogen-bond acceptors (Lipinski definition) is 3.